The van der Waals surface area contributed by atoms with Crippen LogP contribution in [0.15, 0.2) is 48.2 Å². The lowest BCUT2D eigenvalue weighted by atomic mass is 10.1. The van der Waals surface area contributed by atoms with Gasteiger partial charge in [0.05, 0.1) is 34.5 Å². The van der Waals surface area contributed by atoms with Gasteiger partial charge in [-0.05, 0) is 36.8 Å². The molecule has 0 spiro atoms. The molecule has 2 aromatic rings. The maximum Gasteiger partial charge on any atom is 0.263 e. The molecule has 0 radical (unpaired) electrons. The van der Waals surface area contributed by atoms with Gasteiger partial charge in [-0.3, -0.25) is 4.79 Å². The Kier molecular flexibility index (Phi) is 7.94. The van der Waals surface area contributed by atoms with Crippen LogP contribution < -0.4 is 29.6 Å². The Labute approximate surface area is 176 Å². The largest absolute Gasteiger partial charge is 0.493 e. The van der Waals surface area contributed by atoms with Crippen molar-refractivity contribution in [3.05, 3.63) is 53.7 Å². The van der Waals surface area contributed by atoms with E-state index in [4.69, 9.17) is 18.9 Å². The number of anilines is 1. The van der Waals surface area contributed by atoms with E-state index in [9.17, 15) is 10.1 Å². The van der Waals surface area contributed by atoms with Gasteiger partial charge < -0.3 is 29.6 Å². The number of amides is 1. The van der Waals surface area contributed by atoms with Crippen LogP contribution in [0.1, 0.15) is 18.5 Å². The third-order valence-electron chi connectivity index (χ3n) is 4.39. The molecule has 0 aliphatic rings. The molecule has 0 saturated heterocycles. The molecule has 8 nitrogen and oxygen atoms in total. The number of nitriles is 1. The van der Waals surface area contributed by atoms with Crippen LogP contribution in [0.25, 0.3) is 0 Å². The summed E-state index contributed by atoms with van der Waals surface area (Å²) < 4.78 is 21.0. The number of rotatable bonds is 9. The van der Waals surface area contributed by atoms with Gasteiger partial charge in [0.15, 0.2) is 23.0 Å². The van der Waals surface area contributed by atoms with Crippen molar-refractivity contribution in [2.24, 2.45) is 0 Å². The summed E-state index contributed by atoms with van der Waals surface area (Å²) >= 11 is 0. The van der Waals surface area contributed by atoms with Gasteiger partial charge >= 0.3 is 0 Å². The lowest BCUT2D eigenvalue weighted by Crippen LogP contribution is -2.28. The van der Waals surface area contributed by atoms with E-state index in [1.807, 2.05) is 19.1 Å². The first-order chi connectivity index (χ1) is 14.5. The van der Waals surface area contributed by atoms with Gasteiger partial charge in [0.25, 0.3) is 5.91 Å². The number of nitrogens with zero attached hydrogens (tertiary/aromatic N) is 1. The molecule has 2 aromatic carbocycles. The van der Waals surface area contributed by atoms with Crippen LogP contribution in [0, 0.1) is 11.3 Å². The summed E-state index contributed by atoms with van der Waals surface area (Å²) in [4.78, 5) is 12.5. The number of hydrogen-bond donors (Lipinski definition) is 2. The first kappa shape index (κ1) is 22.4. The van der Waals surface area contributed by atoms with Gasteiger partial charge in [-0.15, -0.1) is 0 Å². The highest BCUT2D eigenvalue weighted by molar-refractivity contribution is 5.97. The van der Waals surface area contributed by atoms with E-state index in [-0.39, 0.29) is 11.6 Å². The van der Waals surface area contributed by atoms with E-state index in [2.05, 4.69) is 10.6 Å². The van der Waals surface area contributed by atoms with Gasteiger partial charge in [-0.25, -0.2) is 0 Å². The second-order valence-electron chi connectivity index (χ2n) is 6.19. The van der Waals surface area contributed by atoms with Crippen LogP contribution in [0.3, 0.4) is 0 Å². The zero-order valence-electron chi connectivity index (χ0n) is 17.6. The fraction of sp³-hybridized carbons (Fsp3) is 0.273. The topological polar surface area (TPSA) is 102 Å². The average Bonchev–Trinajstić information content (AvgIpc) is 2.78. The molecular formula is C22H25N3O5. The van der Waals surface area contributed by atoms with E-state index in [0.29, 0.717) is 28.7 Å². The monoisotopic (exact) mass is 411 g/mol. The van der Waals surface area contributed by atoms with E-state index < -0.39 is 5.91 Å². The summed E-state index contributed by atoms with van der Waals surface area (Å²) in [6.45, 7) is 1.82. The summed E-state index contributed by atoms with van der Waals surface area (Å²) in [5.74, 6) is 1.75. The van der Waals surface area contributed by atoms with Crippen LogP contribution in [0.5, 0.6) is 23.0 Å². The van der Waals surface area contributed by atoms with E-state index in [1.165, 1.54) is 13.3 Å². The van der Waals surface area contributed by atoms with Crippen molar-refractivity contribution in [1.82, 2.24) is 5.32 Å². The van der Waals surface area contributed by atoms with Gasteiger partial charge in [0.2, 0.25) is 0 Å². The fourth-order valence-corrected chi connectivity index (χ4v) is 2.71. The molecular weight excluding hydrogens is 386 g/mol. The Morgan fingerprint density at radius 2 is 1.50 bits per heavy atom. The number of ether oxygens (including phenoxy) is 4. The van der Waals surface area contributed by atoms with Gasteiger partial charge in [-0.2, -0.15) is 5.26 Å². The Morgan fingerprint density at radius 3 is 2.07 bits per heavy atom. The molecule has 0 fully saturated rings. The number of nitrogens with one attached hydrogen (secondary N) is 2. The lowest BCUT2D eigenvalue weighted by molar-refractivity contribution is -0.117. The molecule has 158 valence electrons. The molecule has 1 unspecified atom stereocenters. The van der Waals surface area contributed by atoms with Crippen molar-refractivity contribution in [2.45, 2.75) is 13.0 Å². The number of hydrogen-bond acceptors (Lipinski definition) is 7. The molecule has 1 atom stereocenters. The maximum absolute atomic E-state index is 12.5. The van der Waals surface area contributed by atoms with Gasteiger partial charge in [0.1, 0.15) is 11.6 Å². The van der Waals surface area contributed by atoms with Crippen molar-refractivity contribution in [3.63, 3.8) is 0 Å². The maximum atomic E-state index is 12.5. The normalized spacial score (nSPS) is 11.7. The highest BCUT2D eigenvalue weighted by Gasteiger charge is 2.16. The van der Waals surface area contributed by atoms with Gasteiger partial charge in [-0.1, -0.05) is 6.07 Å². The standard InChI is InChI=1S/C22H25N3O5/c1-14(15-6-8-18(27-2)20(10-15)29-4)25-22(26)16(12-23)13-24-17-7-9-19(28-3)21(11-17)30-5/h6-11,13-14,24H,1-5H3,(H,25,26)/b16-13-. The number of benzene rings is 2. The first-order valence-corrected chi connectivity index (χ1v) is 9.09. The van der Waals surface area contributed by atoms with Crippen LogP contribution in [-0.4, -0.2) is 34.3 Å². The van der Waals surface area contributed by atoms with Crippen LogP contribution >= 0.6 is 0 Å². The minimum absolute atomic E-state index is 0.0721. The zero-order valence-corrected chi connectivity index (χ0v) is 17.6. The van der Waals surface area contributed by atoms with Crippen LogP contribution in [0.4, 0.5) is 5.69 Å². The summed E-state index contributed by atoms with van der Waals surface area (Å²) in [6, 6.07) is 12.1. The molecule has 2 rings (SSSR count). The van der Waals surface area contributed by atoms with Gasteiger partial charge in [0, 0.05) is 18.0 Å². The molecule has 0 bridgehead atoms. The summed E-state index contributed by atoms with van der Waals surface area (Å²) in [7, 11) is 6.17. The minimum atomic E-state index is -0.507. The number of carbonyl (C=O) groups excluding carboxylic acids is 1. The van der Waals surface area contributed by atoms with Crippen LogP contribution in [0.2, 0.25) is 0 Å². The third-order valence-corrected chi connectivity index (χ3v) is 4.39. The summed E-state index contributed by atoms with van der Waals surface area (Å²) in [5.41, 5.74) is 1.38. The molecule has 30 heavy (non-hydrogen) atoms. The van der Waals surface area contributed by atoms with Crippen molar-refractivity contribution >= 4 is 11.6 Å². The zero-order chi connectivity index (χ0) is 22.1. The minimum Gasteiger partial charge on any atom is -0.493 e. The van der Waals surface area contributed by atoms with Crippen molar-refractivity contribution in [3.8, 4) is 29.1 Å². The molecule has 0 aliphatic carbocycles. The Hall–Kier alpha value is -3.86. The highest BCUT2D eigenvalue weighted by Crippen LogP contribution is 2.31. The number of carbonyl (C=O) groups is 1. The quantitative estimate of drug-likeness (QED) is 0.481. The molecule has 0 aliphatic heterocycles. The Bertz CT molecular complexity index is 966. The second kappa shape index (κ2) is 10.6. The summed E-state index contributed by atoms with van der Waals surface area (Å²) in [5, 5.41) is 15.1. The predicted molar refractivity (Wildman–Crippen MR) is 113 cm³/mol. The molecule has 0 aromatic heterocycles. The molecule has 1 amide bonds. The Morgan fingerprint density at radius 1 is 0.933 bits per heavy atom. The van der Waals surface area contributed by atoms with E-state index in [0.717, 1.165) is 5.56 Å². The first-order valence-electron chi connectivity index (χ1n) is 9.09. The van der Waals surface area contributed by atoms with Crippen molar-refractivity contribution < 1.29 is 23.7 Å². The smallest absolute Gasteiger partial charge is 0.263 e. The van der Waals surface area contributed by atoms with Crippen molar-refractivity contribution in [1.29, 1.82) is 5.26 Å². The Balaban J connectivity index is 2.11. The van der Waals surface area contributed by atoms with Crippen molar-refractivity contribution in [2.75, 3.05) is 33.8 Å². The molecule has 0 saturated carbocycles. The van der Waals surface area contributed by atoms with Crippen LogP contribution in [-0.2, 0) is 4.79 Å². The second-order valence-corrected chi connectivity index (χ2v) is 6.19. The SMILES string of the molecule is COc1ccc(N/C=C(/C#N)C(=O)NC(C)c2ccc(OC)c(OC)c2)cc1OC. The average molecular weight is 411 g/mol. The molecule has 2 N–H and O–H groups in total. The number of methoxy groups -OCH3 is 4. The summed E-state index contributed by atoms with van der Waals surface area (Å²) in [6.07, 6.45) is 1.35. The highest BCUT2D eigenvalue weighted by atomic mass is 16.5. The predicted octanol–water partition coefficient (Wildman–Crippen LogP) is 3.42. The molecule has 0 heterocycles. The lowest BCUT2D eigenvalue weighted by Gasteiger charge is -2.16. The van der Waals surface area contributed by atoms with E-state index >= 15 is 0 Å². The fourth-order valence-electron chi connectivity index (χ4n) is 2.71. The van der Waals surface area contributed by atoms with E-state index in [1.54, 1.807) is 51.7 Å². The molecule has 8 heteroatoms. The third kappa shape index (κ3) is 5.35.